The van der Waals surface area contributed by atoms with Gasteiger partial charge in [0, 0.05) is 27.5 Å². The van der Waals surface area contributed by atoms with Crippen molar-refractivity contribution in [3.05, 3.63) is 230 Å². The number of hydrogen-bond donors (Lipinski definition) is 0. The van der Waals surface area contributed by atoms with Crippen molar-refractivity contribution >= 4 is 21.8 Å². The molecule has 2 aromatic heterocycles. The van der Waals surface area contributed by atoms with Gasteiger partial charge >= 0.3 is 0 Å². The predicted octanol–water partition coefficient (Wildman–Crippen LogP) is 14.6. The summed E-state index contributed by atoms with van der Waals surface area (Å²) < 4.78 is 239. The second-order valence-electron chi connectivity index (χ2n) is 13.2. The van der Waals surface area contributed by atoms with E-state index in [1.807, 2.05) is 0 Å². The lowest BCUT2D eigenvalue weighted by atomic mass is 9.97. The minimum Gasteiger partial charge on any atom is -0.308 e. The molecule has 0 aliphatic heterocycles. The van der Waals surface area contributed by atoms with E-state index in [4.69, 9.17) is 40.1 Å². The normalized spacial score (nSPS) is 17.5. The van der Waals surface area contributed by atoms with Gasteiger partial charge in [0.1, 0.15) is 0 Å². The molecule has 4 heteroatoms. The number of nitrogens with zero attached hydrogens (tertiary/aromatic N) is 4. The number of fused-ring (bicyclic) bond motifs is 3. The van der Waals surface area contributed by atoms with Crippen LogP contribution in [0.2, 0.25) is 0 Å². The van der Waals surface area contributed by atoms with Gasteiger partial charge in [-0.3, -0.25) is 0 Å². The van der Waals surface area contributed by atoms with Crippen molar-refractivity contribution < 1.29 is 37.0 Å². The average Bonchev–Trinajstić information content (AvgIpc) is 1.54. The van der Waals surface area contributed by atoms with Crippen molar-refractivity contribution in [1.82, 2.24) is 19.5 Å². The summed E-state index contributed by atoms with van der Waals surface area (Å²) in [6, 6.07) is -3.69. The van der Waals surface area contributed by atoms with Crippen molar-refractivity contribution in [2.24, 2.45) is 0 Å². The zero-order valence-corrected chi connectivity index (χ0v) is 31.1. The van der Waals surface area contributed by atoms with E-state index in [0.717, 1.165) is 4.57 Å². The summed E-state index contributed by atoms with van der Waals surface area (Å²) in [7, 11) is 0. The largest absolute Gasteiger partial charge is 0.308 e. The highest BCUT2D eigenvalue weighted by Gasteiger charge is 2.21. The number of rotatable bonds is 8. The first-order valence-corrected chi connectivity index (χ1v) is 18.4. The van der Waals surface area contributed by atoms with Crippen LogP contribution in [0.25, 0.3) is 106 Å². The average molecular weight is 806 g/mol. The molecule has 11 rings (SSSR count). The van der Waals surface area contributed by atoms with Crippen LogP contribution in [-0.4, -0.2) is 19.5 Å². The first-order chi connectivity index (χ1) is 41.4. The quantitative estimate of drug-likeness (QED) is 0.154. The standard InChI is InChI=1S/C57H38N4/c1-5-17-39(18-6-1)43-25-15-27-45(35-43)46-32-34-53(61-52-30-14-13-29-49(52)50-33-31-47(38-54(50)61)41-21-9-3-10-22-41)51(37-46)57-59-55(42-23-11-4-12-24-42)58-56(60-57)48-28-16-26-44(36-48)40-19-7-2-8-20-40/h1-38H/i1D,2D,3D,4D,5D,6D,7D,8D,9D,10D,11D,12D,13D,14D,17D,18D,19D,20D,21D,22D,23D,24D,29D,30D,31D,33D,38D. The van der Waals surface area contributed by atoms with E-state index < -0.39 is 213 Å². The molecule has 0 saturated heterocycles. The van der Waals surface area contributed by atoms with E-state index in [2.05, 4.69) is 4.98 Å². The minimum absolute atomic E-state index is 0.0233. The van der Waals surface area contributed by atoms with Crippen molar-refractivity contribution in [3.8, 4) is 84.4 Å². The van der Waals surface area contributed by atoms with Gasteiger partial charge in [0.25, 0.3) is 0 Å². The Morgan fingerprint density at radius 1 is 0.328 bits per heavy atom. The zero-order chi connectivity index (χ0) is 64.0. The lowest BCUT2D eigenvalue weighted by Gasteiger charge is -2.17. The summed E-state index contributed by atoms with van der Waals surface area (Å²) in [6.45, 7) is 0. The molecular formula is C57H38N4. The molecule has 0 unspecified atom stereocenters. The fraction of sp³-hybridized carbons (Fsp3) is 0. The van der Waals surface area contributed by atoms with Crippen LogP contribution in [0.15, 0.2) is 230 Å². The Morgan fingerprint density at radius 3 is 1.43 bits per heavy atom. The summed E-state index contributed by atoms with van der Waals surface area (Å²) in [6.07, 6.45) is 0. The Hall–Kier alpha value is -8.21. The van der Waals surface area contributed by atoms with Crippen molar-refractivity contribution in [1.29, 1.82) is 0 Å². The van der Waals surface area contributed by atoms with E-state index in [1.165, 1.54) is 60.7 Å². The lowest BCUT2D eigenvalue weighted by Crippen LogP contribution is -2.04. The maximum Gasteiger partial charge on any atom is 0.166 e. The Bertz CT molecular complexity index is 4850. The molecule has 0 N–H and O–H groups in total. The molecule has 61 heavy (non-hydrogen) atoms. The van der Waals surface area contributed by atoms with Gasteiger partial charge in [-0.25, -0.2) is 15.0 Å². The summed E-state index contributed by atoms with van der Waals surface area (Å²) in [4.78, 5) is 14.3. The third-order valence-corrected chi connectivity index (χ3v) is 9.64. The van der Waals surface area contributed by atoms with Gasteiger partial charge in [-0.2, -0.15) is 0 Å². The van der Waals surface area contributed by atoms with Crippen LogP contribution in [0.3, 0.4) is 0 Å². The SMILES string of the molecule is [2H]c1c([2H])c([2H])c(-c2cccc(-c3ccc(-n4c5c([2H])c([2H])c([2H])c([2H])c5c5c([2H])c([2H])c(-c6c([2H])c([2H])c([2H])c([2H])c6[2H])c([2H])c54)c(-c4nc(-c5cccc(-c6c([2H])c([2H])c([2H])c([2H])c6[2H])c5)nc(-c5c([2H])c([2H])c([2H])c([2H])c5[2H])n4)c3)c2)c([2H])c1[2H]. The van der Waals surface area contributed by atoms with Crippen LogP contribution in [0, 0.1) is 0 Å². The smallest absolute Gasteiger partial charge is 0.166 e. The lowest BCUT2D eigenvalue weighted by molar-refractivity contribution is 1.06. The molecule has 0 fully saturated rings. The van der Waals surface area contributed by atoms with Crippen LogP contribution in [0.4, 0.5) is 0 Å². The second-order valence-corrected chi connectivity index (χ2v) is 13.2. The van der Waals surface area contributed by atoms with E-state index >= 15 is 0 Å². The molecule has 0 atom stereocenters. The van der Waals surface area contributed by atoms with E-state index in [1.54, 1.807) is 6.07 Å². The van der Waals surface area contributed by atoms with E-state index in [0.29, 0.717) is 0 Å². The van der Waals surface area contributed by atoms with Gasteiger partial charge in [0.05, 0.1) is 53.7 Å². The molecule has 0 bridgehead atoms. The first kappa shape index (κ1) is 17.6. The molecule has 286 valence electrons. The van der Waals surface area contributed by atoms with Crippen LogP contribution in [0.1, 0.15) is 37.0 Å². The maximum atomic E-state index is 10.0. The van der Waals surface area contributed by atoms with E-state index in [9.17, 15) is 6.85 Å². The zero-order valence-electron chi connectivity index (χ0n) is 58.1. The van der Waals surface area contributed by atoms with Gasteiger partial charge in [0.15, 0.2) is 17.5 Å². The van der Waals surface area contributed by atoms with Crippen LogP contribution in [-0.2, 0) is 0 Å². The molecule has 0 saturated carbocycles. The summed E-state index contributed by atoms with van der Waals surface area (Å²) in [5, 5.41) is -0.822. The predicted molar refractivity (Wildman–Crippen MR) is 252 cm³/mol. The number of hydrogen-bond acceptors (Lipinski definition) is 3. The maximum absolute atomic E-state index is 10.0. The summed E-state index contributed by atoms with van der Waals surface area (Å²) >= 11 is 0. The highest BCUT2D eigenvalue weighted by atomic mass is 15.1. The van der Waals surface area contributed by atoms with Crippen LogP contribution >= 0.6 is 0 Å². The highest BCUT2D eigenvalue weighted by molar-refractivity contribution is 6.10. The number of para-hydroxylation sites is 1. The summed E-state index contributed by atoms with van der Waals surface area (Å²) in [5.41, 5.74) is -2.89. The Balaban J connectivity index is 1.33. The van der Waals surface area contributed by atoms with Crippen LogP contribution < -0.4 is 0 Å². The number of benzene rings is 9. The molecule has 0 radical (unpaired) electrons. The Labute approximate surface area is 392 Å². The molecule has 4 nitrogen and oxygen atoms in total. The summed E-state index contributed by atoms with van der Waals surface area (Å²) in [5.74, 6) is -1.39. The Kier molecular flexibility index (Phi) is 4.47. The molecular weight excluding hydrogens is 741 g/mol. The van der Waals surface area contributed by atoms with Crippen molar-refractivity contribution in [2.75, 3.05) is 0 Å². The van der Waals surface area contributed by atoms with Gasteiger partial charge in [0.2, 0.25) is 0 Å². The molecule has 2 heterocycles. The molecule has 0 aliphatic rings. The van der Waals surface area contributed by atoms with Crippen LogP contribution in [0.5, 0.6) is 0 Å². The molecule has 0 amide bonds. The van der Waals surface area contributed by atoms with Crippen molar-refractivity contribution in [2.45, 2.75) is 0 Å². The number of aromatic nitrogens is 4. The third kappa shape index (κ3) is 6.86. The molecule has 0 aliphatic carbocycles. The van der Waals surface area contributed by atoms with Gasteiger partial charge < -0.3 is 4.57 Å². The fourth-order valence-corrected chi connectivity index (χ4v) is 6.90. The minimum atomic E-state index is -0.858. The first-order valence-electron chi connectivity index (χ1n) is 31.9. The molecule has 0 spiro atoms. The monoisotopic (exact) mass is 805 g/mol. The van der Waals surface area contributed by atoms with Gasteiger partial charge in [-0.1, -0.05) is 194 Å². The molecule has 9 aromatic carbocycles. The van der Waals surface area contributed by atoms with Gasteiger partial charge in [-0.05, 0) is 80.9 Å². The highest BCUT2D eigenvalue weighted by Crippen LogP contribution is 2.40. The van der Waals surface area contributed by atoms with E-state index in [-0.39, 0.29) is 56.0 Å². The topological polar surface area (TPSA) is 43.6 Å². The Morgan fingerprint density at radius 2 is 0.787 bits per heavy atom. The van der Waals surface area contributed by atoms with Crippen molar-refractivity contribution in [3.63, 3.8) is 0 Å². The third-order valence-electron chi connectivity index (χ3n) is 9.64. The molecule has 11 aromatic rings. The second kappa shape index (κ2) is 15.5. The van der Waals surface area contributed by atoms with Gasteiger partial charge in [-0.15, -0.1) is 0 Å². The fourth-order valence-electron chi connectivity index (χ4n) is 6.90.